The van der Waals surface area contributed by atoms with Gasteiger partial charge in [-0.2, -0.15) is 0 Å². The maximum absolute atomic E-state index is 13.0. The lowest BCUT2D eigenvalue weighted by Crippen LogP contribution is -2.59. The monoisotopic (exact) mass is 362 g/mol. The van der Waals surface area contributed by atoms with Gasteiger partial charge in [0, 0.05) is 26.0 Å². The molecule has 1 aromatic heterocycles. The number of ether oxygens (including phenoxy) is 1. The Morgan fingerprint density at radius 1 is 1.38 bits per heavy atom. The van der Waals surface area contributed by atoms with Gasteiger partial charge in [0.2, 0.25) is 0 Å². The molecule has 26 heavy (non-hydrogen) atoms. The Morgan fingerprint density at radius 2 is 2.12 bits per heavy atom. The number of amides is 1. The highest BCUT2D eigenvalue weighted by atomic mass is 16.5. The number of carbonyl (C=O) groups is 3. The number of hydrazine groups is 1. The van der Waals surface area contributed by atoms with Crippen LogP contribution < -0.4 is 5.32 Å². The molecule has 1 atom stereocenters. The average Bonchev–Trinajstić information content (AvgIpc) is 2.61. The molecule has 9 heteroatoms. The third-order valence-electron chi connectivity index (χ3n) is 3.96. The second-order valence-electron chi connectivity index (χ2n) is 5.61. The van der Waals surface area contributed by atoms with E-state index in [9.17, 15) is 19.5 Å². The number of Topliss-reactive ketones (excluding diaryl/α,β-unsaturated/α-hetero) is 1. The molecule has 1 amide bonds. The summed E-state index contributed by atoms with van der Waals surface area (Å²) in [7, 11) is 1.48. The Labute approximate surface area is 151 Å². The van der Waals surface area contributed by atoms with Crippen molar-refractivity contribution in [1.29, 1.82) is 0 Å². The summed E-state index contributed by atoms with van der Waals surface area (Å²) in [5, 5.41) is 15.3. The molecule has 0 aromatic carbocycles. The molecule has 1 aliphatic heterocycles. The lowest BCUT2D eigenvalue weighted by atomic mass is 9.96. The smallest absolute Gasteiger partial charge is 0.354 e. The first-order chi connectivity index (χ1) is 12.4. The van der Waals surface area contributed by atoms with Gasteiger partial charge in [0.1, 0.15) is 6.04 Å². The van der Waals surface area contributed by atoms with Crippen molar-refractivity contribution in [2.45, 2.75) is 19.9 Å². The number of hydrogen-bond acceptors (Lipinski definition) is 7. The van der Waals surface area contributed by atoms with Crippen molar-refractivity contribution in [3.8, 4) is 0 Å². The number of rotatable bonds is 8. The first-order valence-corrected chi connectivity index (χ1v) is 8.15. The molecule has 1 aliphatic rings. The molecular weight excluding hydrogens is 340 g/mol. The average molecular weight is 362 g/mol. The van der Waals surface area contributed by atoms with Gasteiger partial charge in [0.15, 0.2) is 11.5 Å². The molecule has 9 nitrogen and oxygen atoms in total. The quantitative estimate of drug-likeness (QED) is 0.688. The number of likely N-dealkylation sites (N-methyl/N-ethyl adjacent to an activating group) is 1. The van der Waals surface area contributed by atoms with Gasteiger partial charge >= 0.3 is 5.97 Å². The van der Waals surface area contributed by atoms with E-state index in [0.717, 1.165) is 0 Å². The van der Waals surface area contributed by atoms with Crippen LogP contribution in [0.15, 0.2) is 35.8 Å². The largest absolute Gasteiger partial charge is 0.477 e. The van der Waals surface area contributed by atoms with Gasteiger partial charge in [0.25, 0.3) is 5.91 Å². The molecule has 0 fully saturated rings. The second-order valence-corrected chi connectivity index (χ2v) is 5.61. The zero-order valence-corrected chi connectivity index (χ0v) is 14.9. The van der Waals surface area contributed by atoms with Crippen LogP contribution in [0.25, 0.3) is 0 Å². The van der Waals surface area contributed by atoms with Crippen LogP contribution in [0.1, 0.15) is 13.8 Å². The van der Waals surface area contributed by atoms with Crippen molar-refractivity contribution in [3.63, 3.8) is 0 Å². The zero-order valence-electron chi connectivity index (χ0n) is 14.9. The predicted molar refractivity (Wildman–Crippen MR) is 93.0 cm³/mol. The highest BCUT2D eigenvalue weighted by Crippen LogP contribution is 2.27. The molecule has 2 N–H and O–H groups in total. The van der Waals surface area contributed by atoms with Gasteiger partial charge in [0.05, 0.1) is 24.4 Å². The third kappa shape index (κ3) is 3.83. The van der Waals surface area contributed by atoms with Gasteiger partial charge in [-0.1, -0.05) is 0 Å². The summed E-state index contributed by atoms with van der Waals surface area (Å²) in [6.45, 7) is 3.56. The standard InChI is InChI=1S/C17H22N4O5/c1-4-20-16(23)14(19-12-6-5-7-18-10-12)13(11(2)22)15(17(24)25)21(20)8-9-26-3/h5-7,10,14,19H,4,8-9H2,1-3H3,(H,24,25). The van der Waals surface area contributed by atoms with E-state index in [4.69, 9.17) is 4.74 Å². The molecular formula is C17H22N4O5. The lowest BCUT2D eigenvalue weighted by Gasteiger charge is -2.43. The molecule has 0 bridgehead atoms. The van der Waals surface area contributed by atoms with E-state index in [1.165, 1.54) is 30.2 Å². The number of hydrogen-bond donors (Lipinski definition) is 2. The summed E-state index contributed by atoms with van der Waals surface area (Å²) in [6, 6.07) is 2.25. The van der Waals surface area contributed by atoms with Crippen LogP contribution in [0.2, 0.25) is 0 Å². The van der Waals surface area contributed by atoms with Crippen molar-refractivity contribution < 1.29 is 24.2 Å². The van der Waals surface area contributed by atoms with Gasteiger partial charge in [-0.05, 0) is 26.0 Å². The first-order valence-electron chi connectivity index (χ1n) is 8.15. The van der Waals surface area contributed by atoms with E-state index in [1.807, 2.05) is 0 Å². The number of carboxylic acids is 1. The minimum atomic E-state index is -1.28. The van der Waals surface area contributed by atoms with Crippen LogP contribution in [0.4, 0.5) is 5.69 Å². The number of aliphatic carboxylic acids is 1. The van der Waals surface area contributed by atoms with Gasteiger partial charge in [-0.3, -0.25) is 24.6 Å². The predicted octanol–water partition coefficient (Wildman–Crippen LogP) is 0.515. The Bertz CT molecular complexity index is 719. The molecule has 1 unspecified atom stereocenters. The van der Waals surface area contributed by atoms with Crippen LogP contribution >= 0.6 is 0 Å². The van der Waals surface area contributed by atoms with E-state index in [-0.39, 0.29) is 31.0 Å². The Kier molecular flexibility index (Phi) is 6.29. The summed E-state index contributed by atoms with van der Waals surface area (Å²) in [5.41, 5.74) is 0.195. The highest BCUT2D eigenvalue weighted by Gasteiger charge is 2.43. The number of carbonyl (C=O) groups excluding carboxylic acids is 2. The maximum atomic E-state index is 13.0. The molecule has 0 aliphatic carbocycles. The van der Waals surface area contributed by atoms with Crippen LogP contribution in [0.3, 0.4) is 0 Å². The first kappa shape index (κ1) is 19.4. The molecule has 0 radical (unpaired) electrons. The number of anilines is 1. The molecule has 1 aromatic rings. The minimum absolute atomic E-state index is 0.0906. The molecule has 2 heterocycles. The third-order valence-corrected chi connectivity index (χ3v) is 3.96. The zero-order chi connectivity index (χ0) is 19.3. The topological polar surface area (TPSA) is 112 Å². The molecule has 140 valence electrons. The van der Waals surface area contributed by atoms with Crippen molar-refractivity contribution >= 4 is 23.3 Å². The fourth-order valence-electron chi connectivity index (χ4n) is 2.87. The maximum Gasteiger partial charge on any atom is 0.354 e. The number of nitrogens with one attached hydrogen (secondary N) is 1. The summed E-state index contributed by atoms with van der Waals surface area (Å²) in [6.07, 6.45) is 3.07. The molecule has 0 spiro atoms. The number of ketones is 1. The number of nitrogens with zero attached hydrogens (tertiary/aromatic N) is 3. The van der Waals surface area contributed by atoms with Crippen LogP contribution in [0, 0.1) is 0 Å². The van der Waals surface area contributed by atoms with Crippen molar-refractivity contribution in [3.05, 3.63) is 35.8 Å². The summed E-state index contributed by atoms with van der Waals surface area (Å²) in [5.74, 6) is -2.19. The fourth-order valence-corrected chi connectivity index (χ4v) is 2.87. The number of pyridine rings is 1. The number of methoxy groups -OCH3 is 1. The van der Waals surface area contributed by atoms with Gasteiger partial charge in [-0.15, -0.1) is 0 Å². The van der Waals surface area contributed by atoms with E-state index in [1.54, 1.807) is 25.3 Å². The Morgan fingerprint density at radius 3 is 2.62 bits per heavy atom. The van der Waals surface area contributed by atoms with E-state index in [2.05, 4.69) is 10.3 Å². The summed E-state index contributed by atoms with van der Waals surface area (Å²) in [4.78, 5) is 41.2. The highest BCUT2D eigenvalue weighted by molar-refractivity contribution is 6.10. The van der Waals surface area contributed by atoms with Gasteiger partial charge in [-0.25, -0.2) is 4.79 Å². The Balaban J connectivity index is 2.57. The van der Waals surface area contributed by atoms with Crippen LogP contribution in [0.5, 0.6) is 0 Å². The minimum Gasteiger partial charge on any atom is -0.477 e. The normalized spacial score (nSPS) is 17.5. The Hall–Kier alpha value is -2.94. The fraction of sp³-hybridized carbons (Fsp3) is 0.412. The molecule has 0 saturated heterocycles. The van der Waals surface area contributed by atoms with Crippen LogP contribution in [-0.4, -0.2) is 70.6 Å². The van der Waals surface area contributed by atoms with Crippen molar-refractivity contribution in [2.24, 2.45) is 0 Å². The van der Waals surface area contributed by atoms with Crippen LogP contribution in [-0.2, 0) is 19.1 Å². The van der Waals surface area contributed by atoms with Gasteiger partial charge < -0.3 is 15.2 Å². The number of aromatic nitrogens is 1. The van der Waals surface area contributed by atoms with Crippen molar-refractivity contribution in [2.75, 3.05) is 32.1 Å². The summed E-state index contributed by atoms with van der Waals surface area (Å²) < 4.78 is 5.01. The second kappa shape index (κ2) is 8.43. The van der Waals surface area contributed by atoms with E-state index < -0.39 is 23.7 Å². The molecule has 2 rings (SSSR count). The number of carboxylic acid groups (broad SMARTS) is 1. The van der Waals surface area contributed by atoms with E-state index >= 15 is 0 Å². The van der Waals surface area contributed by atoms with Crippen molar-refractivity contribution in [1.82, 2.24) is 15.0 Å². The SMILES string of the molecule is CCN1C(=O)C(Nc2cccnc2)C(C(C)=O)=C(C(=O)O)N1CCOC. The van der Waals surface area contributed by atoms with E-state index in [0.29, 0.717) is 5.69 Å². The lowest BCUT2D eigenvalue weighted by molar-refractivity contribution is -0.154. The summed E-state index contributed by atoms with van der Waals surface area (Å²) >= 11 is 0. The molecule has 0 saturated carbocycles.